The fourth-order valence-corrected chi connectivity index (χ4v) is 1.38. The molecule has 0 fully saturated rings. The molecule has 0 atom stereocenters. The smallest absolute Gasteiger partial charge is 0.319 e. The van der Waals surface area contributed by atoms with Gasteiger partial charge in [-0.15, -0.1) is 0 Å². The van der Waals surface area contributed by atoms with Gasteiger partial charge in [0.25, 0.3) is 0 Å². The highest BCUT2D eigenvalue weighted by Gasteiger charge is 2.03. The predicted molar refractivity (Wildman–Crippen MR) is 67.8 cm³/mol. The summed E-state index contributed by atoms with van der Waals surface area (Å²) in [6.45, 7) is 8.16. The molecular weight excluding hydrogens is 200 g/mol. The molecule has 0 radical (unpaired) electrons. The largest absolute Gasteiger partial charge is 0.336 e. The molecule has 16 heavy (non-hydrogen) atoms. The van der Waals surface area contributed by atoms with Crippen molar-refractivity contribution in [2.24, 2.45) is 0 Å². The Morgan fingerprint density at radius 3 is 2.06 bits per heavy atom. The lowest BCUT2D eigenvalue weighted by molar-refractivity contribution is 0.250. The summed E-state index contributed by atoms with van der Waals surface area (Å²) in [5.41, 5.74) is 2.09. The molecule has 0 unspecified atom stereocenters. The maximum absolute atomic E-state index is 11.4. The lowest BCUT2D eigenvalue weighted by Crippen LogP contribution is -2.34. The number of carbonyl (C=O) groups is 1. The van der Waals surface area contributed by atoms with Crippen molar-refractivity contribution in [1.29, 1.82) is 0 Å². The average Bonchev–Trinajstić information content (AvgIpc) is 2.16. The Hall–Kier alpha value is -1.51. The van der Waals surface area contributed by atoms with Crippen LogP contribution in [0.1, 0.15) is 39.2 Å². The Kier molecular flexibility index (Phi) is 4.35. The van der Waals surface area contributed by atoms with Crippen molar-refractivity contribution < 1.29 is 4.79 Å². The first kappa shape index (κ1) is 12.6. The third kappa shape index (κ3) is 3.93. The molecule has 0 aliphatic carbocycles. The Bertz CT molecular complexity index is 341. The van der Waals surface area contributed by atoms with Gasteiger partial charge in [-0.05, 0) is 37.5 Å². The van der Waals surface area contributed by atoms with E-state index in [1.54, 1.807) is 0 Å². The topological polar surface area (TPSA) is 41.1 Å². The van der Waals surface area contributed by atoms with Gasteiger partial charge in [0, 0.05) is 11.7 Å². The van der Waals surface area contributed by atoms with Gasteiger partial charge in [0.15, 0.2) is 0 Å². The second-order valence-electron chi connectivity index (χ2n) is 4.53. The predicted octanol–water partition coefficient (Wildman–Crippen LogP) is 3.34. The monoisotopic (exact) mass is 220 g/mol. The zero-order valence-electron chi connectivity index (χ0n) is 10.4. The van der Waals surface area contributed by atoms with E-state index in [0.29, 0.717) is 5.92 Å². The van der Waals surface area contributed by atoms with E-state index in [9.17, 15) is 4.79 Å². The fraction of sp³-hybridized carbons (Fsp3) is 0.462. The molecule has 1 rings (SSSR count). The van der Waals surface area contributed by atoms with Gasteiger partial charge < -0.3 is 10.6 Å². The lowest BCUT2D eigenvalue weighted by Gasteiger charge is -2.11. The molecule has 1 aromatic carbocycles. The van der Waals surface area contributed by atoms with E-state index >= 15 is 0 Å². The number of anilines is 1. The highest BCUT2D eigenvalue weighted by Crippen LogP contribution is 2.16. The number of benzene rings is 1. The summed E-state index contributed by atoms with van der Waals surface area (Å²) >= 11 is 0. The van der Waals surface area contributed by atoms with Gasteiger partial charge in [0.05, 0.1) is 0 Å². The third-order valence-electron chi connectivity index (χ3n) is 2.25. The summed E-state index contributed by atoms with van der Waals surface area (Å²) in [5, 5.41) is 5.57. The molecule has 0 aromatic heterocycles. The number of hydrogen-bond donors (Lipinski definition) is 2. The first-order valence-corrected chi connectivity index (χ1v) is 5.66. The minimum atomic E-state index is -0.160. The van der Waals surface area contributed by atoms with E-state index in [0.717, 1.165) is 5.69 Å². The molecule has 1 aromatic rings. The van der Waals surface area contributed by atoms with Gasteiger partial charge in [0.2, 0.25) is 0 Å². The van der Waals surface area contributed by atoms with Crippen molar-refractivity contribution >= 4 is 11.7 Å². The molecule has 0 bridgehead atoms. The van der Waals surface area contributed by atoms with Crippen LogP contribution >= 0.6 is 0 Å². The second-order valence-corrected chi connectivity index (χ2v) is 4.53. The maximum atomic E-state index is 11.4. The van der Waals surface area contributed by atoms with E-state index in [4.69, 9.17) is 0 Å². The molecule has 0 saturated heterocycles. The van der Waals surface area contributed by atoms with Crippen LogP contribution in [0.2, 0.25) is 0 Å². The van der Waals surface area contributed by atoms with Crippen LogP contribution < -0.4 is 10.6 Å². The first-order valence-electron chi connectivity index (χ1n) is 5.66. The summed E-state index contributed by atoms with van der Waals surface area (Å²) in [4.78, 5) is 11.4. The van der Waals surface area contributed by atoms with Gasteiger partial charge in [-0.2, -0.15) is 0 Å². The van der Waals surface area contributed by atoms with Crippen molar-refractivity contribution in [3.05, 3.63) is 29.8 Å². The molecule has 3 heteroatoms. The normalized spacial score (nSPS) is 10.6. The quantitative estimate of drug-likeness (QED) is 0.806. The van der Waals surface area contributed by atoms with Crippen LogP contribution in [-0.4, -0.2) is 12.1 Å². The van der Waals surface area contributed by atoms with Gasteiger partial charge in [-0.25, -0.2) is 4.79 Å². The zero-order chi connectivity index (χ0) is 12.1. The van der Waals surface area contributed by atoms with Gasteiger partial charge in [-0.3, -0.25) is 0 Å². The Balaban J connectivity index is 2.58. The maximum Gasteiger partial charge on any atom is 0.319 e. The number of hydrogen-bond acceptors (Lipinski definition) is 1. The molecule has 0 heterocycles. The van der Waals surface area contributed by atoms with Crippen molar-refractivity contribution in [3.63, 3.8) is 0 Å². The van der Waals surface area contributed by atoms with Crippen LogP contribution in [0.25, 0.3) is 0 Å². The summed E-state index contributed by atoms with van der Waals surface area (Å²) in [5.74, 6) is 0.513. The van der Waals surface area contributed by atoms with Crippen molar-refractivity contribution in [1.82, 2.24) is 5.32 Å². The van der Waals surface area contributed by atoms with E-state index < -0.39 is 0 Å². The molecule has 88 valence electrons. The molecule has 0 aliphatic rings. The number of rotatable bonds is 3. The second kappa shape index (κ2) is 5.54. The highest BCUT2D eigenvalue weighted by atomic mass is 16.2. The fourth-order valence-electron chi connectivity index (χ4n) is 1.38. The molecule has 2 N–H and O–H groups in total. The van der Waals surface area contributed by atoms with E-state index in [1.165, 1.54) is 5.56 Å². The minimum Gasteiger partial charge on any atom is -0.336 e. The number of urea groups is 1. The Labute approximate surface area is 97.2 Å². The third-order valence-corrected chi connectivity index (χ3v) is 2.25. The molecule has 0 spiro atoms. The standard InChI is InChI=1S/C13H20N2O/c1-9(2)11-5-7-12(8-6-11)15-13(16)14-10(3)4/h5-10H,1-4H3,(H2,14,15,16). The van der Waals surface area contributed by atoms with Crippen LogP contribution in [-0.2, 0) is 0 Å². The van der Waals surface area contributed by atoms with Crippen LogP contribution in [0.3, 0.4) is 0 Å². The van der Waals surface area contributed by atoms with Gasteiger partial charge >= 0.3 is 6.03 Å². The van der Waals surface area contributed by atoms with Crippen LogP contribution in [0.15, 0.2) is 24.3 Å². The lowest BCUT2D eigenvalue weighted by atomic mass is 10.0. The van der Waals surface area contributed by atoms with Crippen LogP contribution in [0.4, 0.5) is 10.5 Å². The molecule has 0 saturated carbocycles. The molecule has 0 aliphatic heterocycles. The average molecular weight is 220 g/mol. The molecular formula is C13H20N2O. The van der Waals surface area contributed by atoms with Gasteiger partial charge in [0.1, 0.15) is 0 Å². The molecule has 2 amide bonds. The summed E-state index contributed by atoms with van der Waals surface area (Å²) < 4.78 is 0. The Morgan fingerprint density at radius 1 is 1.06 bits per heavy atom. The van der Waals surface area contributed by atoms with Crippen molar-refractivity contribution in [3.8, 4) is 0 Å². The van der Waals surface area contributed by atoms with Crippen LogP contribution in [0.5, 0.6) is 0 Å². The van der Waals surface area contributed by atoms with E-state index in [1.807, 2.05) is 38.1 Å². The van der Waals surface area contributed by atoms with E-state index in [2.05, 4.69) is 24.5 Å². The summed E-state index contributed by atoms with van der Waals surface area (Å²) in [6.07, 6.45) is 0. The number of nitrogens with one attached hydrogen (secondary N) is 2. The summed E-state index contributed by atoms with van der Waals surface area (Å²) in [6, 6.07) is 7.91. The van der Waals surface area contributed by atoms with E-state index in [-0.39, 0.29) is 12.1 Å². The van der Waals surface area contributed by atoms with Crippen molar-refractivity contribution in [2.45, 2.75) is 39.7 Å². The number of amides is 2. The minimum absolute atomic E-state index is 0.148. The first-order chi connectivity index (χ1) is 7.49. The van der Waals surface area contributed by atoms with Crippen LogP contribution in [0, 0.1) is 0 Å². The SMILES string of the molecule is CC(C)NC(=O)Nc1ccc(C(C)C)cc1. The molecule has 3 nitrogen and oxygen atoms in total. The Morgan fingerprint density at radius 2 is 1.62 bits per heavy atom. The number of carbonyl (C=O) groups excluding carboxylic acids is 1. The zero-order valence-corrected chi connectivity index (χ0v) is 10.4. The highest BCUT2D eigenvalue weighted by molar-refractivity contribution is 5.89. The van der Waals surface area contributed by atoms with Gasteiger partial charge in [-0.1, -0.05) is 26.0 Å². The summed E-state index contributed by atoms with van der Waals surface area (Å²) in [7, 11) is 0. The van der Waals surface area contributed by atoms with Crippen molar-refractivity contribution in [2.75, 3.05) is 5.32 Å².